The third kappa shape index (κ3) is 3.78. The minimum Gasteiger partial charge on any atom is -0.486 e. The van der Waals surface area contributed by atoms with Crippen molar-refractivity contribution < 1.29 is 9.47 Å². The van der Waals surface area contributed by atoms with E-state index in [9.17, 15) is 0 Å². The number of imidazole rings is 1. The van der Waals surface area contributed by atoms with Gasteiger partial charge in [0.1, 0.15) is 29.7 Å². The maximum atomic E-state index is 8.89. The number of ether oxygens (including phenoxy) is 2. The van der Waals surface area contributed by atoms with Gasteiger partial charge in [-0.25, -0.2) is 4.98 Å². The molecule has 4 rings (SSSR count). The van der Waals surface area contributed by atoms with E-state index in [2.05, 4.69) is 11.1 Å². The molecule has 0 aliphatic heterocycles. The van der Waals surface area contributed by atoms with Crippen LogP contribution in [0.3, 0.4) is 0 Å². The smallest absolute Gasteiger partial charge is 0.147 e. The van der Waals surface area contributed by atoms with Crippen LogP contribution in [0.25, 0.3) is 11.0 Å². The Morgan fingerprint density at radius 3 is 2.30 bits per heavy atom. The molecule has 6 nitrogen and oxygen atoms in total. The lowest BCUT2D eigenvalue weighted by Crippen LogP contribution is -2.03. The molecule has 3 aromatic carbocycles. The lowest BCUT2D eigenvalue weighted by Gasteiger charge is -2.11. The molecule has 30 heavy (non-hydrogen) atoms. The van der Waals surface area contributed by atoms with Crippen LogP contribution in [0.4, 0.5) is 5.69 Å². The van der Waals surface area contributed by atoms with Gasteiger partial charge in [-0.3, -0.25) is 0 Å². The fraction of sp³-hybridized carbons (Fsp3) is 0.167. The quantitative estimate of drug-likeness (QED) is 0.477. The van der Waals surface area contributed by atoms with Gasteiger partial charge in [-0.1, -0.05) is 0 Å². The molecule has 0 amide bonds. The van der Waals surface area contributed by atoms with Crippen molar-refractivity contribution in [3.8, 4) is 23.3 Å². The number of nitriles is 1. The van der Waals surface area contributed by atoms with Crippen LogP contribution in [0.5, 0.6) is 17.2 Å². The Hall–Kier alpha value is -3.98. The molecule has 0 fully saturated rings. The summed E-state index contributed by atoms with van der Waals surface area (Å²) in [6.07, 6.45) is 0. The molecule has 6 heteroatoms. The van der Waals surface area contributed by atoms with Crippen molar-refractivity contribution in [1.82, 2.24) is 9.55 Å². The van der Waals surface area contributed by atoms with Crippen molar-refractivity contribution in [2.45, 2.75) is 20.5 Å². The molecule has 0 spiro atoms. The highest BCUT2D eigenvalue weighted by atomic mass is 16.5. The Bertz CT molecular complexity index is 1240. The monoisotopic (exact) mass is 398 g/mol. The van der Waals surface area contributed by atoms with Gasteiger partial charge in [0.05, 0.1) is 22.7 Å². The van der Waals surface area contributed by atoms with Gasteiger partial charge in [0, 0.05) is 18.8 Å². The molecule has 4 aromatic rings. The van der Waals surface area contributed by atoms with E-state index >= 15 is 0 Å². The molecule has 1 heterocycles. The summed E-state index contributed by atoms with van der Waals surface area (Å²) in [6.45, 7) is 4.27. The van der Waals surface area contributed by atoms with Crippen LogP contribution in [-0.4, -0.2) is 9.55 Å². The highest BCUT2D eigenvalue weighted by molar-refractivity contribution is 5.78. The molecular weight excluding hydrogens is 376 g/mol. The van der Waals surface area contributed by atoms with Gasteiger partial charge in [0.15, 0.2) is 0 Å². The topological polar surface area (TPSA) is 86.1 Å². The molecule has 0 unspecified atom stereocenters. The Morgan fingerprint density at radius 1 is 0.967 bits per heavy atom. The first-order chi connectivity index (χ1) is 14.4. The molecule has 150 valence electrons. The van der Waals surface area contributed by atoms with Gasteiger partial charge >= 0.3 is 0 Å². The number of aromatic nitrogens is 2. The van der Waals surface area contributed by atoms with Crippen LogP contribution in [0.1, 0.15) is 22.5 Å². The van der Waals surface area contributed by atoms with Crippen molar-refractivity contribution in [2.24, 2.45) is 7.05 Å². The molecule has 2 N–H and O–H groups in total. The van der Waals surface area contributed by atoms with Gasteiger partial charge in [0.2, 0.25) is 0 Å². The van der Waals surface area contributed by atoms with Crippen LogP contribution in [0.2, 0.25) is 0 Å². The highest BCUT2D eigenvalue weighted by Gasteiger charge is 2.11. The fourth-order valence-electron chi connectivity index (χ4n) is 3.32. The summed E-state index contributed by atoms with van der Waals surface area (Å²) < 4.78 is 13.9. The Morgan fingerprint density at radius 2 is 1.63 bits per heavy atom. The Balaban J connectivity index is 1.55. The Kier molecular flexibility index (Phi) is 5.03. The number of rotatable bonds is 5. The van der Waals surface area contributed by atoms with Crippen LogP contribution in [0, 0.1) is 25.2 Å². The van der Waals surface area contributed by atoms with Crippen molar-refractivity contribution in [1.29, 1.82) is 5.26 Å². The minimum atomic E-state index is 0.323. The first-order valence-corrected chi connectivity index (χ1v) is 9.57. The summed E-state index contributed by atoms with van der Waals surface area (Å²) >= 11 is 0. The highest BCUT2D eigenvalue weighted by Crippen LogP contribution is 2.30. The van der Waals surface area contributed by atoms with Crippen LogP contribution in [-0.2, 0) is 13.7 Å². The largest absolute Gasteiger partial charge is 0.486 e. The first-order valence-electron chi connectivity index (χ1n) is 9.57. The van der Waals surface area contributed by atoms with Crippen LogP contribution in [0.15, 0.2) is 54.6 Å². The van der Waals surface area contributed by atoms with E-state index in [-0.39, 0.29) is 0 Å². The first kappa shape index (κ1) is 19.3. The molecule has 0 radical (unpaired) electrons. The third-order valence-electron chi connectivity index (χ3n) is 5.10. The van der Waals surface area contributed by atoms with Crippen molar-refractivity contribution in [2.75, 3.05) is 5.73 Å². The summed E-state index contributed by atoms with van der Waals surface area (Å²) in [5.74, 6) is 2.98. The molecule has 0 aliphatic rings. The van der Waals surface area contributed by atoms with Crippen LogP contribution >= 0.6 is 0 Å². The van der Waals surface area contributed by atoms with E-state index in [1.165, 1.54) is 0 Å². The molecule has 0 bridgehead atoms. The van der Waals surface area contributed by atoms with Crippen LogP contribution < -0.4 is 15.2 Å². The summed E-state index contributed by atoms with van der Waals surface area (Å²) in [6, 6.07) is 18.8. The number of benzene rings is 3. The average molecular weight is 398 g/mol. The normalized spacial score (nSPS) is 10.7. The minimum absolute atomic E-state index is 0.323. The number of aryl methyl sites for hydroxylation is 3. The summed E-state index contributed by atoms with van der Waals surface area (Å²) in [5, 5.41) is 8.89. The zero-order chi connectivity index (χ0) is 21.3. The number of fused-ring (bicyclic) bond motifs is 1. The van der Waals surface area contributed by atoms with Gasteiger partial charge in [-0.15, -0.1) is 0 Å². The van der Waals surface area contributed by atoms with Gasteiger partial charge < -0.3 is 19.8 Å². The second kappa shape index (κ2) is 7.80. The van der Waals surface area contributed by atoms with E-state index in [0.717, 1.165) is 45.2 Å². The van der Waals surface area contributed by atoms with E-state index in [1.807, 2.05) is 55.8 Å². The lowest BCUT2D eigenvalue weighted by atomic mass is 10.1. The van der Waals surface area contributed by atoms with Crippen molar-refractivity contribution in [3.63, 3.8) is 0 Å². The SMILES string of the molecule is Cc1cc(Oc2ccc3nc(COc4ccc(C#N)cc4)n(C)c3c2)cc(C)c1N. The van der Waals surface area contributed by atoms with E-state index in [1.54, 1.807) is 24.3 Å². The lowest BCUT2D eigenvalue weighted by molar-refractivity contribution is 0.292. The fourth-order valence-corrected chi connectivity index (χ4v) is 3.32. The van der Waals surface area contributed by atoms with Crippen molar-refractivity contribution in [3.05, 3.63) is 77.1 Å². The average Bonchev–Trinajstić information content (AvgIpc) is 3.06. The van der Waals surface area contributed by atoms with Gasteiger partial charge in [-0.05, 0) is 73.5 Å². The number of anilines is 1. The predicted molar refractivity (Wildman–Crippen MR) is 117 cm³/mol. The molecule has 0 saturated carbocycles. The summed E-state index contributed by atoms with van der Waals surface area (Å²) in [7, 11) is 1.95. The van der Waals surface area contributed by atoms with E-state index in [0.29, 0.717) is 17.9 Å². The maximum absolute atomic E-state index is 8.89. The molecule has 0 aliphatic carbocycles. The number of nitrogens with two attached hydrogens (primary N) is 1. The summed E-state index contributed by atoms with van der Waals surface area (Å²) in [4.78, 5) is 4.66. The second-order valence-electron chi connectivity index (χ2n) is 7.24. The molecule has 0 atom stereocenters. The van der Waals surface area contributed by atoms with E-state index < -0.39 is 0 Å². The third-order valence-corrected chi connectivity index (χ3v) is 5.10. The Labute approximate surface area is 175 Å². The van der Waals surface area contributed by atoms with Gasteiger partial charge in [0.25, 0.3) is 0 Å². The standard InChI is InChI=1S/C24H22N4O2/c1-15-10-20(11-16(2)24(15)26)30-19-8-9-21-22(12-19)28(3)23(27-21)14-29-18-6-4-17(13-25)5-7-18/h4-12H,14,26H2,1-3H3. The second-order valence-corrected chi connectivity index (χ2v) is 7.24. The zero-order valence-electron chi connectivity index (χ0n) is 17.1. The number of hydrogen-bond donors (Lipinski definition) is 1. The van der Waals surface area contributed by atoms with Crippen molar-refractivity contribution >= 4 is 16.7 Å². The predicted octanol–water partition coefficient (Wildman–Crippen LogP) is 5.02. The molecular formula is C24H22N4O2. The number of nitrogen functional groups attached to an aromatic ring is 1. The number of hydrogen-bond acceptors (Lipinski definition) is 5. The summed E-state index contributed by atoms with van der Waals surface area (Å²) in [5.41, 5.74) is 11.2. The van der Waals surface area contributed by atoms with Gasteiger partial charge in [-0.2, -0.15) is 5.26 Å². The number of nitrogens with zero attached hydrogens (tertiary/aromatic N) is 3. The molecule has 1 aromatic heterocycles. The maximum Gasteiger partial charge on any atom is 0.147 e. The zero-order valence-corrected chi connectivity index (χ0v) is 17.1. The van der Waals surface area contributed by atoms with E-state index in [4.69, 9.17) is 20.5 Å². The molecule has 0 saturated heterocycles.